The summed E-state index contributed by atoms with van der Waals surface area (Å²) in [5.41, 5.74) is 18.9. The number of hydrogen-bond acceptors (Lipinski definition) is 5. The molecule has 0 saturated carbocycles. The summed E-state index contributed by atoms with van der Waals surface area (Å²) < 4.78 is 11.2. The molecule has 0 saturated heterocycles. The van der Waals surface area contributed by atoms with Crippen LogP contribution in [0.25, 0.3) is 11.6 Å². The van der Waals surface area contributed by atoms with Gasteiger partial charge in [0.25, 0.3) is 0 Å². The van der Waals surface area contributed by atoms with E-state index in [1.165, 1.54) is 33.4 Å². The highest BCUT2D eigenvalue weighted by Gasteiger charge is 2.16. The van der Waals surface area contributed by atoms with Crippen LogP contribution >= 0.6 is 0 Å². The molecule has 32 heavy (non-hydrogen) atoms. The molecule has 3 rings (SSSR count). The highest BCUT2D eigenvalue weighted by molar-refractivity contribution is 5.85. The van der Waals surface area contributed by atoms with Crippen molar-refractivity contribution in [3.63, 3.8) is 0 Å². The summed E-state index contributed by atoms with van der Waals surface area (Å²) in [6.07, 6.45) is 6.04. The lowest BCUT2D eigenvalue weighted by atomic mass is 9.92. The number of carbonyl (C=O) groups is 1. The second-order valence-corrected chi connectivity index (χ2v) is 8.79. The van der Waals surface area contributed by atoms with E-state index >= 15 is 0 Å². The van der Waals surface area contributed by atoms with Crippen LogP contribution in [-0.4, -0.2) is 31.8 Å². The van der Waals surface area contributed by atoms with Gasteiger partial charge in [-0.1, -0.05) is 50.3 Å². The van der Waals surface area contributed by atoms with Crippen LogP contribution in [0.5, 0.6) is 5.75 Å². The van der Waals surface area contributed by atoms with Crippen LogP contribution in [0.2, 0.25) is 0 Å². The standard InChI is InChI=1S/C27H36N2O3/c1-18(2)20-11-12-23(19(3)15-20)21-7-4-9-24-22(16-21)8-5-10-26(24)31-13-6-14-32-27(30)25(29)17-28/h5,8,10-12,15-16,18,25H,4,6-7,9,13-14,17,28-29H2,1-3H3. The first-order chi connectivity index (χ1) is 15.4. The topological polar surface area (TPSA) is 87.6 Å². The Morgan fingerprint density at radius 2 is 1.94 bits per heavy atom. The highest BCUT2D eigenvalue weighted by Crippen LogP contribution is 2.35. The van der Waals surface area contributed by atoms with Gasteiger partial charge in [-0.2, -0.15) is 0 Å². The van der Waals surface area contributed by atoms with Gasteiger partial charge in [0.2, 0.25) is 0 Å². The molecule has 0 heterocycles. The summed E-state index contributed by atoms with van der Waals surface area (Å²) in [5.74, 6) is 0.986. The second kappa shape index (κ2) is 11.3. The number of carbonyl (C=O) groups excluding carboxylic acids is 1. The lowest BCUT2D eigenvalue weighted by Crippen LogP contribution is -2.39. The van der Waals surface area contributed by atoms with Gasteiger partial charge in [0.1, 0.15) is 11.8 Å². The summed E-state index contributed by atoms with van der Waals surface area (Å²) in [7, 11) is 0. The monoisotopic (exact) mass is 436 g/mol. The number of aryl methyl sites for hydroxylation is 1. The molecular weight excluding hydrogens is 400 g/mol. The van der Waals surface area contributed by atoms with Gasteiger partial charge < -0.3 is 20.9 Å². The smallest absolute Gasteiger partial charge is 0.324 e. The summed E-state index contributed by atoms with van der Waals surface area (Å²) in [4.78, 5) is 11.6. The zero-order valence-electron chi connectivity index (χ0n) is 19.5. The molecule has 0 aromatic heterocycles. The number of allylic oxidation sites excluding steroid dienone is 1. The van der Waals surface area contributed by atoms with Crippen molar-refractivity contribution in [3.8, 4) is 5.75 Å². The maximum atomic E-state index is 11.6. The Kier molecular flexibility index (Phi) is 8.48. The van der Waals surface area contributed by atoms with E-state index in [9.17, 15) is 4.79 Å². The molecule has 1 atom stereocenters. The zero-order chi connectivity index (χ0) is 23.1. The molecule has 0 spiro atoms. The number of rotatable bonds is 9. The molecule has 1 aliphatic rings. The zero-order valence-corrected chi connectivity index (χ0v) is 19.5. The number of nitrogens with two attached hydrogens (primary N) is 2. The van der Waals surface area contributed by atoms with E-state index < -0.39 is 12.0 Å². The molecule has 1 unspecified atom stereocenters. The summed E-state index contributed by atoms with van der Waals surface area (Å²) in [6.45, 7) is 7.51. The quantitative estimate of drug-likeness (QED) is 0.443. The third kappa shape index (κ3) is 5.99. The fraction of sp³-hybridized carbons (Fsp3) is 0.444. The van der Waals surface area contributed by atoms with Gasteiger partial charge >= 0.3 is 5.97 Å². The maximum Gasteiger partial charge on any atom is 0.324 e. The van der Waals surface area contributed by atoms with Crippen LogP contribution in [-0.2, 0) is 16.0 Å². The van der Waals surface area contributed by atoms with Crippen LogP contribution in [0, 0.1) is 6.92 Å². The molecular formula is C27H36N2O3. The van der Waals surface area contributed by atoms with E-state index in [1.807, 2.05) is 12.1 Å². The molecule has 5 heteroatoms. The normalized spacial score (nSPS) is 14.4. The predicted octanol–water partition coefficient (Wildman–Crippen LogP) is 4.59. The third-order valence-electron chi connectivity index (χ3n) is 5.98. The van der Waals surface area contributed by atoms with Gasteiger partial charge in [0, 0.05) is 18.5 Å². The molecule has 0 radical (unpaired) electrons. The Balaban J connectivity index is 1.68. The molecule has 5 nitrogen and oxygen atoms in total. The number of ether oxygens (including phenoxy) is 2. The van der Waals surface area contributed by atoms with Crippen LogP contribution in [0.1, 0.15) is 66.8 Å². The second-order valence-electron chi connectivity index (χ2n) is 8.79. The van der Waals surface area contributed by atoms with E-state index in [0.717, 1.165) is 25.0 Å². The van der Waals surface area contributed by atoms with E-state index in [4.69, 9.17) is 20.9 Å². The lowest BCUT2D eigenvalue weighted by Gasteiger charge is -2.14. The highest BCUT2D eigenvalue weighted by atomic mass is 16.5. The average molecular weight is 437 g/mol. The van der Waals surface area contributed by atoms with E-state index in [1.54, 1.807) is 0 Å². The fourth-order valence-corrected chi connectivity index (χ4v) is 4.07. The number of fused-ring (bicyclic) bond motifs is 1. The Labute approximate surface area is 191 Å². The van der Waals surface area contributed by atoms with Gasteiger partial charge in [-0.3, -0.25) is 4.79 Å². The molecule has 0 fully saturated rings. The molecule has 0 aliphatic heterocycles. The summed E-state index contributed by atoms with van der Waals surface area (Å²) >= 11 is 0. The Morgan fingerprint density at radius 3 is 2.66 bits per heavy atom. The van der Waals surface area contributed by atoms with Crippen LogP contribution in [0.3, 0.4) is 0 Å². The molecule has 0 bridgehead atoms. The largest absolute Gasteiger partial charge is 0.493 e. The molecule has 0 amide bonds. The lowest BCUT2D eigenvalue weighted by molar-refractivity contribution is -0.145. The van der Waals surface area contributed by atoms with Gasteiger partial charge in [-0.15, -0.1) is 0 Å². The number of benzene rings is 2. The predicted molar refractivity (Wildman–Crippen MR) is 131 cm³/mol. The van der Waals surface area contributed by atoms with Crippen molar-refractivity contribution >= 4 is 17.6 Å². The van der Waals surface area contributed by atoms with Crippen LogP contribution in [0.4, 0.5) is 0 Å². The van der Waals surface area contributed by atoms with Crippen molar-refractivity contribution in [2.45, 2.75) is 58.4 Å². The Morgan fingerprint density at radius 1 is 1.12 bits per heavy atom. The van der Waals surface area contributed by atoms with Gasteiger partial charge in [0.15, 0.2) is 0 Å². The van der Waals surface area contributed by atoms with Crippen molar-refractivity contribution in [2.75, 3.05) is 19.8 Å². The third-order valence-corrected chi connectivity index (χ3v) is 5.98. The average Bonchev–Trinajstić information content (AvgIpc) is 3.00. The number of esters is 1. The van der Waals surface area contributed by atoms with Crippen LogP contribution < -0.4 is 16.2 Å². The van der Waals surface area contributed by atoms with Gasteiger partial charge in [0.05, 0.1) is 13.2 Å². The SMILES string of the molecule is Cc1cc(C(C)C)ccc1C1=Cc2cccc(OCCCOC(=O)C(N)CN)c2CCC1. The minimum absolute atomic E-state index is 0.0857. The van der Waals surface area contributed by atoms with Crippen LogP contribution in [0.15, 0.2) is 36.4 Å². The summed E-state index contributed by atoms with van der Waals surface area (Å²) in [6, 6.07) is 12.3. The van der Waals surface area contributed by atoms with Crippen molar-refractivity contribution in [1.29, 1.82) is 0 Å². The first-order valence-electron chi connectivity index (χ1n) is 11.6. The van der Waals surface area contributed by atoms with Crippen molar-refractivity contribution < 1.29 is 14.3 Å². The summed E-state index contributed by atoms with van der Waals surface area (Å²) in [5, 5.41) is 0. The maximum absolute atomic E-state index is 11.6. The van der Waals surface area contributed by atoms with Crippen molar-refractivity contribution in [2.24, 2.45) is 11.5 Å². The molecule has 2 aromatic rings. The van der Waals surface area contributed by atoms with Crippen molar-refractivity contribution in [1.82, 2.24) is 0 Å². The van der Waals surface area contributed by atoms with E-state index in [2.05, 4.69) is 51.1 Å². The first kappa shape index (κ1) is 24.0. The number of hydrogen-bond donors (Lipinski definition) is 2. The molecule has 4 N–H and O–H groups in total. The van der Waals surface area contributed by atoms with Gasteiger partial charge in [-0.05, 0) is 66.0 Å². The van der Waals surface area contributed by atoms with E-state index in [-0.39, 0.29) is 13.2 Å². The Hall–Kier alpha value is -2.63. The molecule has 2 aromatic carbocycles. The Bertz CT molecular complexity index is 965. The fourth-order valence-electron chi connectivity index (χ4n) is 4.07. The first-order valence-corrected chi connectivity index (χ1v) is 11.6. The van der Waals surface area contributed by atoms with Crippen molar-refractivity contribution in [3.05, 3.63) is 64.2 Å². The minimum Gasteiger partial charge on any atom is -0.493 e. The minimum atomic E-state index is -0.757. The molecule has 172 valence electrons. The van der Waals surface area contributed by atoms with E-state index in [0.29, 0.717) is 18.9 Å². The molecule has 1 aliphatic carbocycles. The van der Waals surface area contributed by atoms with Gasteiger partial charge in [-0.25, -0.2) is 0 Å².